The second kappa shape index (κ2) is 12.4. The number of alkyl carbamates (subject to hydrolysis) is 1. The third kappa shape index (κ3) is 6.73. The zero-order chi connectivity index (χ0) is 28.9. The van der Waals surface area contributed by atoms with Crippen LogP contribution in [0, 0.1) is 5.41 Å². The van der Waals surface area contributed by atoms with Crippen LogP contribution in [-0.2, 0) is 14.3 Å². The van der Waals surface area contributed by atoms with Gasteiger partial charge in [-0.3, -0.25) is 14.4 Å². The maximum absolute atomic E-state index is 13.2. The fourth-order valence-corrected chi connectivity index (χ4v) is 4.90. The molecule has 3 atom stereocenters. The van der Waals surface area contributed by atoms with Gasteiger partial charge in [0.2, 0.25) is 12.6 Å². The normalized spacial score (nSPS) is 18.5. The Morgan fingerprint density at radius 3 is 2.50 bits per heavy atom. The molecule has 2 aromatic rings. The number of nitrogens with one attached hydrogen (secondary N) is 2. The second-order valence-corrected chi connectivity index (χ2v) is 10.9. The van der Waals surface area contributed by atoms with Gasteiger partial charge in [0.05, 0.1) is 12.6 Å². The molecule has 1 saturated heterocycles. The van der Waals surface area contributed by atoms with Gasteiger partial charge in [0, 0.05) is 17.5 Å². The Morgan fingerprint density at radius 2 is 1.77 bits per heavy atom. The van der Waals surface area contributed by atoms with E-state index in [1.165, 1.54) is 0 Å². The number of carbonyl (C=O) groups is 4. The molecule has 2 N–H and O–H groups in total. The van der Waals surface area contributed by atoms with E-state index in [0.717, 1.165) is 12.0 Å². The molecule has 40 heavy (non-hydrogen) atoms. The summed E-state index contributed by atoms with van der Waals surface area (Å²) in [6.07, 6.45) is 0.327. The van der Waals surface area contributed by atoms with Crippen molar-refractivity contribution in [1.29, 1.82) is 0 Å². The highest BCUT2D eigenvalue weighted by atomic mass is 16.7. The van der Waals surface area contributed by atoms with Crippen molar-refractivity contribution in [3.63, 3.8) is 0 Å². The van der Waals surface area contributed by atoms with Crippen molar-refractivity contribution >= 4 is 23.7 Å². The van der Waals surface area contributed by atoms with Gasteiger partial charge < -0.3 is 29.7 Å². The maximum Gasteiger partial charge on any atom is 0.408 e. The number of fused-ring (bicyclic) bond motifs is 1. The quantitative estimate of drug-likeness (QED) is 0.428. The number of ketones is 1. The molecule has 2 aliphatic rings. The van der Waals surface area contributed by atoms with Gasteiger partial charge in [-0.15, -0.1) is 0 Å². The molecule has 0 unspecified atom stereocenters. The summed E-state index contributed by atoms with van der Waals surface area (Å²) in [7, 11) is 0. The van der Waals surface area contributed by atoms with Crippen LogP contribution in [0.1, 0.15) is 68.9 Å². The van der Waals surface area contributed by atoms with Gasteiger partial charge in [0.1, 0.15) is 12.1 Å². The Kier molecular flexibility index (Phi) is 8.96. The summed E-state index contributed by atoms with van der Waals surface area (Å²) in [4.78, 5) is 53.6. The molecule has 2 heterocycles. The first-order chi connectivity index (χ1) is 19.1. The number of rotatable bonds is 10. The number of hydrogen-bond donors (Lipinski definition) is 2. The smallest absolute Gasteiger partial charge is 0.408 e. The van der Waals surface area contributed by atoms with Gasteiger partial charge in [-0.2, -0.15) is 0 Å². The SMILES string of the molecule is CCCC[C@H](NC(=O)O[C@@H]1CN(C(=O)c2ccc3c(c2)OCO3)CC1(C)C)C(=O)C(=O)N[C@H](C)c1ccccc1. The van der Waals surface area contributed by atoms with Gasteiger partial charge in [0.25, 0.3) is 11.8 Å². The van der Waals surface area contributed by atoms with Crippen LogP contribution in [0.5, 0.6) is 11.5 Å². The lowest BCUT2D eigenvalue weighted by Crippen LogP contribution is -2.49. The highest BCUT2D eigenvalue weighted by Gasteiger charge is 2.44. The Bertz CT molecular complexity index is 1250. The zero-order valence-electron chi connectivity index (χ0n) is 23.4. The summed E-state index contributed by atoms with van der Waals surface area (Å²) in [5, 5.41) is 5.33. The predicted molar refractivity (Wildman–Crippen MR) is 147 cm³/mol. The van der Waals surface area contributed by atoms with Gasteiger partial charge in [-0.05, 0) is 37.1 Å². The Labute approximate surface area is 234 Å². The molecule has 1 fully saturated rings. The zero-order valence-corrected chi connectivity index (χ0v) is 23.4. The van der Waals surface area contributed by atoms with Crippen molar-refractivity contribution in [3.05, 3.63) is 59.7 Å². The number of unbranched alkanes of at least 4 members (excludes halogenated alkanes) is 1. The van der Waals surface area contributed by atoms with E-state index in [2.05, 4.69) is 10.6 Å². The lowest BCUT2D eigenvalue weighted by molar-refractivity contribution is -0.139. The summed E-state index contributed by atoms with van der Waals surface area (Å²) < 4.78 is 16.4. The third-order valence-electron chi connectivity index (χ3n) is 7.34. The van der Waals surface area contributed by atoms with Gasteiger partial charge in [0.15, 0.2) is 11.5 Å². The Balaban J connectivity index is 1.36. The number of nitrogens with zero attached hydrogens (tertiary/aromatic N) is 1. The molecule has 0 aliphatic carbocycles. The summed E-state index contributed by atoms with van der Waals surface area (Å²) >= 11 is 0. The minimum absolute atomic E-state index is 0.115. The number of amides is 3. The summed E-state index contributed by atoms with van der Waals surface area (Å²) in [6, 6.07) is 12.9. The molecular weight excluding hydrogens is 514 g/mol. The van der Waals surface area contributed by atoms with Crippen LogP contribution in [0.3, 0.4) is 0 Å². The fraction of sp³-hybridized carbons (Fsp3) is 0.467. The van der Waals surface area contributed by atoms with Crippen LogP contribution in [0.15, 0.2) is 48.5 Å². The topological polar surface area (TPSA) is 123 Å². The Morgan fingerprint density at radius 1 is 1.05 bits per heavy atom. The molecule has 2 aliphatic heterocycles. The van der Waals surface area contributed by atoms with Crippen LogP contribution in [0.25, 0.3) is 0 Å². The monoisotopic (exact) mass is 551 g/mol. The number of ether oxygens (including phenoxy) is 3. The molecule has 10 heteroatoms. The highest BCUT2D eigenvalue weighted by Crippen LogP contribution is 2.36. The molecule has 0 bridgehead atoms. The first kappa shape index (κ1) is 28.9. The van der Waals surface area contributed by atoms with E-state index < -0.39 is 35.3 Å². The van der Waals surface area contributed by atoms with Crippen LogP contribution in [0.2, 0.25) is 0 Å². The van der Waals surface area contributed by atoms with Gasteiger partial charge in [-0.25, -0.2) is 4.79 Å². The lowest BCUT2D eigenvalue weighted by Gasteiger charge is -2.26. The lowest BCUT2D eigenvalue weighted by atomic mass is 9.90. The minimum atomic E-state index is -1.02. The van der Waals surface area contributed by atoms with Crippen LogP contribution in [-0.4, -0.2) is 60.6 Å². The molecule has 0 aromatic heterocycles. The predicted octanol–water partition coefficient (Wildman–Crippen LogP) is 4.00. The average Bonchev–Trinajstić information content (AvgIpc) is 3.53. The van der Waals surface area contributed by atoms with Crippen molar-refractivity contribution in [2.75, 3.05) is 19.9 Å². The van der Waals surface area contributed by atoms with E-state index in [1.807, 2.05) is 51.1 Å². The first-order valence-corrected chi connectivity index (χ1v) is 13.6. The van der Waals surface area contributed by atoms with E-state index in [9.17, 15) is 19.2 Å². The molecule has 0 radical (unpaired) electrons. The molecule has 2 aromatic carbocycles. The maximum atomic E-state index is 13.2. The van der Waals surface area contributed by atoms with Crippen LogP contribution in [0.4, 0.5) is 4.79 Å². The Hall–Kier alpha value is -4.08. The standard InChI is InChI=1S/C30H37N3O7/c1-5-6-12-22(26(34)27(35)31-19(2)20-10-8-7-9-11-20)32-29(37)40-25-16-33(17-30(25,3)4)28(36)21-13-14-23-24(15-21)39-18-38-23/h7-11,13-15,19,22,25H,5-6,12,16-18H2,1-4H3,(H,31,35)(H,32,37)/t19-,22+,25-/m1/s1. The van der Waals surface area contributed by atoms with Crippen molar-refractivity contribution < 1.29 is 33.4 Å². The van der Waals surface area contributed by atoms with E-state index >= 15 is 0 Å². The fourth-order valence-electron chi connectivity index (χ4n) is 4.90. The van der Waals surface area contributed by atoms with Gasteiger partial charge in [-0.1, -0.05) is 63.9 Å². The van der Waals surface area contributed by atoms with E-state index in [-0.39, 0.29) is 25.3 Å². The van der Waals surface area contributed by atoms with Crippen LogP contribution < -0.4 is 20.1 Å². The summed E-state index contributed by atoms with van der Waals surface area (Å²) in [5.74, 6) is -0.593. The third-order valence-corrected chi connectivity index (χ3v) is 7.34. The number of hydrogen-bond acceptors (Lipinski definition) is 7. The van der Waals surface area contributed by atoms with Crippen LogP contribution >= 0.6 is 0 Å². The van der Waals surface area contributed by atoms with E-state index in [0.29, 0.717) is 36.4 Å². The van der Waals surface area contributed by atoms with E-state index in [1.54, 1.807) is 30.0 Å². The molecule has 214 valence electrons. The summed E-state index contributed by atoms with van der Waals surface area (Å²) in [5.41, 5.74) is 0.782. The van der Waals surface area contributed by atoms with Crippen molar-refractivity contribution in [2.24, 2.45) is 5.41 Å². The molecule has 10 nitrogen and oxygen atoms in total. The largest absolute Gasteiger partial charge is 0.454 e. The number of benzene rings is 2. The van der Waals surface area contributed by atoms with E-state index in [4.69, 9.17) is 14.2 Å². The molecule has 0 spiro atoms. The minimum Gasteiger partial charge on any atom is -0.454 e. The first-order valence-electron chi connectivity index (χ1n) is 13.6. The molecular formula is C30H37N3O7. The number of Topliss-reactive ketones (excluding diaryl/α,β-unsaturated/α-hetero) is 1. The number of carbonyl (C=O) groups excluding carboxylic acids is 4. The second-order valence-electron chi connectivity index (χ2n) is 10.9. The van der Waals surface area contributed by atoms with Gasteiger partial charge >= 0.3 is 6.09 Å². The number of likely N-dealkylation sites (tertiary alicyclic amines) is 1. The van der Waals surface area contributed by atoms with Crippen molar-refractivity contribution in [2.45, 2.75) is 65.1 Å². The molecule has 4 rings (SSSR count). The van der Waals surface area contributed by atoms with Crippen molar-refractivity contribution in [1.82, 2.24) is 15.5 Å². The highest BCUT2D eigenvalue weighted by molar-refractivity contribution is 6.38. The van der Waals surface area contributed by atoms with Crippen molar-refractivity contribution in [3.8, 4) is 11.5 Å². The summed E-state index contributed by atoms with van der Waals surface area (Å²) in [6.45, 7) is 8.26. The molecule has 3 amide bonds. The molecule has 0 saturated carbocycles. The average molecular weight is 552 g/mol.